The molecule has 1 atom stereocenters. The van der Waals surface area contributed by atoms with Crippen LogP contribution in [0.25, 0.3) is 11.3 Å². The summed E-state index contributed by atoms with van der Waals surface area (Å²) in [4.78, 5) is 28.5. The Labute approximate surface area is 189 Å². The van der Waals surface area contributed by atoms with E-state index in [0.29, 0.717) is 24.8 Å². The fourth-order valence-electron chi connectivity index (χ4n) is 4.99. The van der Waals surface area contributed by atoms with Gasteiger partial charge in [-0.3, -0.25) is 4.79 Å². The predicted molar refractivity (Wildman–Crippen MR) is 126 cm³/mol. The minimum Gasteiger partial charge on any atom is -0.368 e. The highest BCUT2D eigenvalue weighted by molar-refractivity contribution is 5.77. The zero-order valence-corrected chi connectivity index (χ0v) is 18.9. The number of carbonyl (C=O) groups is 1. The van der Waals surface area contributed by atoms with Crippen molar-refractivity contribution in [1.82, 2.24) is 25.1 Å². The normalized spacial score (nSPS) is 21.6. The number of carbonyl (C=O) groups excluding carboxylic acids is 1. The molecule has 1 amide bonds. The number of nitrogens with one attached hydrogen (secondary N) is 1. The molecule has 2 fully saturated rings. The van der Waals surface area contributed by atoms with E-state index in [1.165, 1.54) is 11.1 Å². The molecule has 2 aromatic rings. The minimum atomic E-state index is 0.276. The van der Waals surface area contributed by atoms with Crippen LogP contribution in [-0.2, 0) is 17.8 Å². The summed E-state index contributed by atoms with van der Waals surface area (Å²) in [6.07, 6.45) is 2.66. The summed E-state index contributed by atoms with van der Waals surface area (Å²) < 4.78 is 0. The second-order valence-electron chi connectivity index (χ2n) is 9.37. The first-order valence-corrected chi connectivity index (χ1v) is 11.7. The fourth-order valence-corrected chi connectivity index (χ4v) is 4.99. The maximum absolute atomic E-state index is 12.9. The average molecular weight is 436 g/mol. The molecular weight excluding hydrogens is 402 g/mol. The van der Waals surface area contributed by atoms with Crippen molar-refractivity contribution in [2.75, 3.05) is 63.5 Å². The van der Waals surface area contributed by atoms with E-state index in [1.807, 2.05) is 11.0 Å². The molecule has 2 saturated heterocycles. The second-order valence-corrected chi connectivity index (χ2v) is 9.37. The van der Waals surface area contributed by atoms with Crippen molar-refractivity contribution in [3.8, 4) is 11.3 Å². The van der Waals surface area contributed by atoms with Crippen molar-refractivity contribution in [1.29, 1.82) is 0 Å². The number of nitrogens with zero attached hydrogens (tertiary/aromatic N) is 5. The highest BCUT2D eigenvalue weighted by Crippen LogP contribution is 2.29. The molecule has 4 heterocycles. The van der Waals surface area contributed by atoms with E-state index in [-0.39, 0.29) is 5.91 Å². The molecule has 32 heavy (non-hydrogen) atoms. The first kappa shape index (κ1) is 21.2. The Hall–Kier alpha value is -2.71. The molecule has 0 bridgehead atoms. The molecule has 1 aromatic heterocycles. The van der Waals surface area contributed by atoms with E-state index in [2.05, 4.69) is 50.3 Å². The number of fused-ring (bicyclic) bond motifs is 1. The molecule has 3 aliphatic heterocycles. The van der Waals surface area contributed by atoms with E-state index in [9.17, 15) is 4.79 Å². The summed E-state index contributed by atoms with van der Waals surface area (Å²) in [6.45, 7) is 7.37. The summed E-state index contributed by atoms with van der Waals surface area (Å²) in [7, 11) is 2.14. The van der Waals surface area contributed by atoms with E-state index in [0.717, 1.165) is 75.7 Å². The molecule has 0 saturated carbocycles. The summed E-state index contributed by atoms with van der Waals surface area (Å²) in [5.41, 5.74) is 10.5. The van der Waals surface area contributed by atoms with Crippen molar-refractivity contribution >= 4 is 17.7 Å². The lowest BCUT2D eigenvalue weighted by Gasteiger charge is -2.33. The lowest BCUT2D eigenvalue weighted by atomic mass is 9.95. The van der Waals surface area contributed by atoms with Crippen LogP contribution < -0.4 is 16.0 Å². The van der Waals surface area contributed by atoms with Gasteiger partial charge >= 0.3 is 0 Å². The largest absolute Gasteiger partial charge is 0.368 e. The number of amides is 1. The van der Waals surface area contributed by atoms with Crippen LogP contribution in [0.3, 0.4) is 0 Å². The number of likely N-dealkylation sites (N-methyl/N-ethyl adjacent to an activating group) is 1. The zero-order chi connectivity index (χ0) is 22.1. The van der Waals surface area contributed by atoms with Gasteiger partial charge in [-0.1, -0.05) is 12.1 Å². The lowest BCUT2D eigenvalue weighted by Crippen LogP contribution is -2.44. The van der Waals surface area contributed by atoms with Gasteiger partial charge in [-0.05, 0) is 56.1 Å². The van der Waals surface area contributed by atoms with Crippen LogP contribution in [0.5, 0.6) is 0 Å². The monoisotopic (exact) mass is 435 g/mol. The van der Waals surface area contributed by atoms with Crippen LogP contribution in [0.2, 0.25) is 0 Å². The van der Waals surface area contributed by atoms with Crippen LogP contribution in [0.4, 0.5) is 11.8 Å². The third-order valence-corrected chi connectivity index (χ3v) is 7.05. The Morgan fingerprint density at radius 2 is 1.97 bits per heavy atom. The Bertz CT molecular complexity index is 980. The SMILES string of the molecule is CN1CCN(c2cc(-c3ccc4c(c3)CN(C(=O)CC3CCNC3)CC4)nc(N)n2)CC1. The Balaban J connectivity index is 1.34. The number of piperazine rings is 1. The molecule has 0 spiro atoms. The molecule has 170 valence electrons. The molecule has 3 N–H and O–H groups in total. The molecule has 3 aliphatic rings. The number of hydrogen-bond acceptors (Lipinski definition) is 7. The molecule has 0 aliphatic carbocycles. The number of rotatable bonds is 4. The molecule has 0 radical (unpaired) electrons. The van der Waals surface area contributed by atoms with Crippen LogP contribution >= 0.6 is 0 Å². The molecule has 8 heteroatoms. The highest BCUT2D eigenvalue weighted by atomic mass is 16.2. The Morgan fingerprint density at radius 3 is 2.75 bits per heavy atom. The van der Waals surface area contributed by atoms with Gasteiger partial charge in [-0.25, -0.2) is 4.98 Å². The van der Waals surface area contributed by atoms with Crippen LogP contribution in [0, 0.1) is 5.92 Å². The van der Waals surface area contributed by atoms with Crippen LogP contribution in [0.15, 0.2) is 24.3 Å². The van der Waals surface area contributed by atoms with Crippen molar-refractivity contribution in [2.45, 2.75) is 25.8 Å². The van der Waals surface area contributed by atoms with Gasteiger partial charge in [0.25, 0.3) is 0 Å². The van der Waals surface area contributed by atoms with Gasteiger partial charge in [0.1, 0.15) is 5.82 Å². The van der Waals surface area contributed by atoms with E-state index >= 15 is 0 Å². The molecule has 8 nitrogen and oxygen atoms in total. The third-order valence-electron chi connectivity index (χ3n) is 7.05. The fraction of sp³-hybridized carbons (Fsp3) is 0.542. The number of anilines is 2. The zero-order valence-electron chi connectivity index (χ0n) is 18.9. The number of nitrogens with two attached hydrogens (primary N) is 1. The third kappa shape index (κ3) is 4.56. The van der Waals surface area contributed by atoms with Gasteiger partial charge in [0.05, 0.1) is 5.69 Å². The van der Waals surface area contributed by atoms with Crippen LogP contribution in [0.1, 0.15) is 24.0 Å². The quantitative estimate of drug-likeness (QED) is 0.749. The molecule has 1 unspecified atom stereocenters. The molecular formula is C24H33N7O. The molecule has 1 aromatic carbocycles. The minimum absolute atomic E-state index is 0.276. The number of aromatic nitrogens is 2. The number of benzene rings is 1. The second kappa shape index (κ2) is 9.03. The van der Waals surface area contributed by atoms with Gasteiger partial charge < -0.3 is 25.8 Å². The average Bonchev–Trinajstić information content (AvgIpc) is 3.31. The van der Waals surface area contributed by atoms with Crippen LogP contribution in [-0.4, -0.2) is 78.5 Å². The number of hydrogen-bond donors (Lipinski definition) is 2. The maximum Gasteiger partial charge on any atom is 0.223 e. The first-order chi connectivity index (χ1) is 15.5. The Kier molecular flexibility index (Phi) is 5.97. The van der Waals surface area contributed by atoms with Crippen molar-refractivity contribution in [3.63, 3.8) is 0 Å². The molecule has 5 rings (SSSR count). The van der Waals surface area contributed by atoms with Crippen molar-refractivity contribution in [2.24, 2.45) is 5.92 Å². The van der Waals surface area contributed by atoms with Gasteiger partial charge in [0.15, 0.2) is 0 Å². The van der Waals surface area contributed by atoms with E-state index in [1.54, 1.807) is 0 Å². The summed E-state index contributed by atoms with van der Waals surface area (Å²) in [5, 5.41) is 3.36. The summed E-state index contributed by atoms with van der Waals surface area (Å²) in [5.74, 6) is 1.95. The Morgan fingerprint density at radius 1 is 1.12 bits per heavy atom. The topological polar surface area (TPSA) is 90.6 Å². The predicted octanol–water partition coefficient (Wildman–Crippen LogP) is 1.36. The summed E-state index contributed by atoms with van der Waals surface area (Å²) >= 11 is 0. The van der Waals surface area contributed by atoms with Gasteiger partial charge in [-0.2, -0.15) is 4.98 Å². The standard InChI is InChI=1S/C24H33N7O/c1-29-8-10-30(11-9-29)22-14-21(27-24(25)28-22)19-3-2-18-5-7-31(16-20(18)13-19)23(32)12-17-4-6-26-15-17/h2-3,13-14,17,26H,4-12,15-16H2,1H3,(H2,25,27,28). The van der Waals surface area contributed by atoms with Gasteiger partial charge in [0.2, 0.25) is 11.9 Å². The van der Waals surface area contributed by atoms with E-state index < -0.39 is 0 Å². The van der Waals surface area contributed by atoms with Gasteiger partial charge in [-0.15, -0.1) is 0 Å². The smallest absolute Gasteiger partial charge is 0.223 e. The lowest BCUT2D eigenvalue weighted by molar-refractivity contribution is -0.133. The highest BCUT2D eigenvalue weighted by Gasteiger charge is 2.25. The summed E-state index contributed by atoms with van der Waals surface area (Å²) in [6, 6.07) is 8.53. The number of nitrogen functional groups attached to an aromatic ring is 1. The van der Waals surface area contributed by atoms with Gasteiger partial charge in [0, 0.05) is 57.3 Å². The van der Waals surface area contributed by atoms with Crippen molar-refractivity contribution < 1.29 is 4.79 Å². The van der Waals surface area contributed by atoms with Crippen molar-refractivity contribution in [3.05, 3.63) is 35.4 Å². The first-order valence-electron chi connectivity index (χ1n) is 11.7. The maximum atomic E-state index is 12.9. The van der Waals surface area contributed by atoms with E-state index in [4.69, 9.17) is 5.73 Å².